The Kier molecular flexibility index (Phi) is 5.82. The summed E-state index contributed by atoms with van der Waals surface area (Å²) in [6.45, 7) is 5.58. The lowest BCUT2D eigenvalue weighted by Gasteiger charge is -2.14. The number of aryl methyl sites for hydroxylation is 1. The summed E-state index contributed by atoms with van der Waals surface area (Å²) >= 11 is 1.26. The van der Waals surface area contributed by atoms with Gasteiger partial charge >= 0.3 is 0 Å². The molecule has 1 atom stereocenters. The molecule has 4 rings (SSSR count). The molecule has 0 N–H and O–H groups in total. The summed E-state index contributed by atoms with van der Waals surface area (Å²) in [4.78, 5) is 12.9. The lowest BCUT2D eigenvalue weighted by molar-refractivity contribution is 0.0957. The molecule has 1 fully saturated rings. The lowest BCUT2D eigenvalue weighted by atomic mass is 10.2. The molecule has 29 heavy (non-hydrogen) atoms. The van der Waals surface area contributed by atoms with Gasteiger partial charge in [0.1, 0.15) is 12.1 Å². The van der Waals surface area contributed by atoms with E-state index in [1.165, 1.54) is 24.2 Å². The summed E-state index contributed by atoms with van der Waals surface area (Å²) in [5.41, 5.74) is 3.09. The van der Waals surface area contributed by atoms with E-state index in [4.69, 9.17) is 4.74 Å². The van der Waals surface area contributed by atoms with E-state index in [2.05, 4.69) is 14.8 Å². The second kappa shape index (κ2) is 8.51. The Labute approximate surface area is 173 Å². The van der Waals surface area contributed by atoms with E-state index in [0.717, 1.165) is 37.4 Å². The number of para-hydroxylation sites is 1. The molecule has 1 aliphatic heterocycles. The molecule has 3 heterocycles. The van der Waals surface area contributed by atoms with Crippen LogP contribution in [0.1, 0.15) is 34.6 Å². The summed E-state index contributed by atoms with van der Waals surface area (Å²) < 4.78 is 23.6. The lowest BCUT2D eigenvalue weighted by Crippen LogP contribution is -2.17. The Balaban J connectivity index is 1.47. The summed E-state index contributed by atoms with van der Waals surface area (Å²) in [6, 6.07) is 8.36. The predicted octanol–water partition coefficient (Wildman–Crippen LogP) is 3.98. The normalized spacial score (nSPS) is 16.4. The highest BCUT2D eigenvalue weighted by Gasteiger charge is 2.21. The van der Waals surface area contributed by atoms with Crippen LogP contribution >= 0.6 is 11.8 Å². The van der Waals surface area contributed by atoms with E-state index in [9.17, 15) is 9.18 Å². The molecule has 0 radical (unpaired) electrons. The maximum atomic E-state index is 14.1. The average molecular weight is 415 g/mol. The first-order valence-electron chi connectivity index (χ1n) is 9.64. The molecule has 1 aliphatic rings. The second-order valence-electron chi connectivity index (χ2n) is 7.18. The molecular formula is C21H23FN4O2S. The van der Waals surface area contributed by atoms with Crippen LogP contribution < -0.4 is 0 Å². The van der Waals surface area contributed by atoms with Crippen molar-refractivity contribution in [3.05, 3.63) is 59.4 Å². The number of ether oxygens (including phenoxy) is 1. The molecule has 0 aliphatic carbocycles. The van der Waals surface area contributed by atoms with E-state index in [1.807, 2.05) is 19.9 Å². The number of nitrogens with zero attached hydrogens (tertiary/aromatic N) is 4. The standard InChI is InChI=1S/C21H23FN4O2S/c1-14-10-17(15(2)25(14)11-16-6-5-9-28-16)20(27)12-29-21-24-23-13-26(21)19-8-4-3-7-18(19)22/h3-4,7-8,10,13,16H,5-6,9,11-12H2,1-2H3/t16-/m0/s1. The Hall–Kier alpha value is -2.45. The van der Waals surface area contributed by atoms with Gasteiger partial charge in [0, 0.05) is 30.1 Å². The van der Waals surface area contributed by atoms with Crippen molar-refractivity contribution in [3.8, 4) is 5.69 Å². The van der Waals surface area contributed by atoms with Crippen molar-refractivity contribution in [2.75, 3.05) is 12.4 Å². The zero-order valence-electron chi connectivity index (χ0n) is 16.5. The van der Waals surface area contributed by atoms with Gasteiger partial charge in [-0.05, 0) is 44.9 Å². The molecule has 0 saturated carbocycles. The third-order valence-electron chi connectivity index (χ3n) is 5.25. The molecule has 1 saturated heterocycles. The quantitative estimate of drug-likeness (QED) is 0.432. The summed E-state index contributed by atoms with van der Waals surface area (Å²) in [7, 11) is 0. The number of thioether (sulfide) groups is 1. The van der Waals surface area contributed by atoms with Crippen molar-refractivity contribution >= 4 is 17.5 Å². The van der Waals surface area contributed by atoms with Gasteiger partial charge < -0.3 is 9.30 Å². The number of Topliss-reactive ketones (excluding diaryl/α,β-unsaturated/α-hetero) is 1. The molecule has 0 unspecified atom stereocenters. The van der Waals surface area contributed by atoms with Gasteiger partial charge in [-0.2, -0.15) is 0 Å². The van der Waals surface area contributed by atoms with Crippen molar-refractivity contribution in [2.24, 2.45) is 0 Å². The summed E-state index contributed by atoms with van der Waals surface area (Å²) in [5.74, 6) is -0.139. The van der Waals surface area contributed by atoms with E-state index >= 15 is 0 Å². The van der Waals surface area contributed by atoms with Crippen molar-refractivity contribution in [1.82, 2.24) is 19.3 Å². The number of hydrogen-bond donors (Lipinski definition) is 0. The van der Waals surface area contributed by atoms with Gasteiger partial charge in [-0.3, -0.25) is 9.36 Å². The maximum absolute atomic E-state index is 14.1. The number of ketones is 1. The van der Waals surface area contributed by atoms with Gasteiger partial charge in [0.15, 0.2) is 10.9 Å². The fraction of sp³-hybridized carbons (Fsp3) is 0.381. The van der Waals surface area contributed by atoms with Crippen LogP contribution in [0, 0.1) is 19.7 Å². The smallest absolute Gasteiger partial charge is 0.196 e. The fourth-order valence-corrected chi connectivity index (χ4v) is 4.50. The highest BCUT2D eigenvalue weighted by Crippen LogP contribution is 2.25. The van der Waals surface area contributed by atoms with E-state index in [0.29, 0.717) is 16.4 Å². The molecule has 6 nitrogen and oxygen atoms in total. The molecule has 0 bridgehead atoms. The topological polar surface area (TPSA) is 61.9 Å². The SMILES string of the molecule is Cc1cc(C(=O)CSc2nncn2-c2ccccc2F)c(C)n1C[C@@H]1CCCO1. The second-order valence-corrected chi connectivity index (χ2v) is 8.12. The first-order chi connectivity index (χ1) is 14.0. The molecule has 0 spiro atoms. The van der Waals surface area contributed by atoms with Gasteiger partial charge in [0.05, 0.1) is 17.5 Å². The van der Waals surface area contributed by atoms with Crippen LogP contribution in [0.4, 0.5) is 4.39 Å². The molecule has 152 valence electrons. The Bertz CT molecular complexity index is 1020. The van der Waals surface area contributed by atoms with E-state index in [1.54, 1.807) is 22.8 Å². The van der Waals surface area contributed by atoms with Crippen LogP contribution in [-0.2, 0) is 11.3 Å². The van der Waals surface area contributed by atoms with Gasteiger partial charge in [-0.1, -0.05) is 23.9 Å². The number of aromatic nitrogens is 4. The minimum Gasteiger partial charge on any atom is -0.376 e. The number of carbonyl (C=O) groups excluding carboxylic acids is 1. The Morgan fingerprint density at radius 3 is 2.93 bits per heavy atom. The van der Waals surface area contributed by atoms with Crippen LogP contribution in [-0.4, -0.2) is 43.6 Å². The summed E-state index contributed by atoms with van der Waals surface area (Å²) in [5, 5.41) is 8.41. The number of rotatable bonds is 7. The van der Waals surface area contributed by atoms with Gasteiger partial charge in [0.2, 0.25) is 0 Å². The van der Waals surface area contributed by atoms with Crippen LogP contribution in [0.15, 0.2) is 41.8 Å². The van der Waals surface area contributed by atoms with Crippen molar-refractivity contribution < 1.29 is 13.9 Å². The summed E-state index contributed by atoms with van der Waals surface area (Å²) in [6.07, 6.45) is 3.83. The molecule has 0 amide bonds. The molecular weight excluding hydrogens is 391 g/mol. The van der Waals surface area contributed by atoms with E-state index < -0.39 is 0 Å². The number of carbonyl (C=O) groups is 1. The molecule has 3 aromatic rings. The van der Waals surface area contributed by atoms with Crippen LogP contribution in [0.5, 0.6) is 0 Å². The van der Waals surface area contributed by atoms with Crippen molar-refractivity contribution in [2.45, 2.75) is 44.5 Å². The highest BCUT2D eigenvalue weighted by molar-refractivity contribution is 7.99. The van der Waals surface area contributed by atoms with E-state index in [-0.39, 0.29) is 23.5 Å². The third-order valence-corrected chi connectivity index (χ3v) is 6.19. The van der Waals surface area contributed by atoms with Gasteiger partial charge in [0.25, 0.3) is 0 Å². The first kappa shape index (κ1) is 19.8. The van der Waals surface area contributed by atoms with Gasteiger partial charge in [-0.15, -0.1) is 10.2 Å². The largest absolute Gasteiger partial charge is 0.376 e. The zero-order valence-corrected chi connectivity index (χ0v) is 17.3. The Morgan fingerprint density at radius 1 is 1.34 bits per heavy atom. The van der Waals surface area contributed by atoms with Crippen molar-refractivity contribution in [3.63, 3.8) is 0 Å². The third kappa shape index (κ3) is 4.13. The number of hydrogen-bond acceptors (Lipinski definition) is 5. The number of halogens is 1. The first-order valence-corrected chi connectivity index (χ1v) is 10.6. The minimum absolute atomic E-state index is 0.0183. The number of benzene rings is 1. The molecule has 8 heteroatoms. The Morgan fingerprint density at radius 2 is 2.17 bits per heavy atom. The predicted molar refractivity (Wildman–Crippen MR) is 109 cm³/mol. The average Bonchev–Trinajstić information content (AvgIpc) is 3.44. The zero-order chi connectivity index (χ0) is 20.4. The molecule has 1 aromatic carbocycles. The van der Waals surface area contributed by atoms with Crippen LogP contribution in [0.2, 0.25) is 0 Å². The minimum atomic E-state index is -0.363. The monoisotopic (exact) mass is 414 g/mol. The van der Waals surface area contributed by atoms with Crippen LogP contribution in [0.25, 0.3) is 5.69 Å². The highest BCUT2D eigenvalue weighted by atomic mass is 32.2. The van der Waals surface area contributed by atoms with Crippen molar-refractivity contribution in [1.29, 1.82) is 0 Å². The fourth-order valence-electron chi connectivity index (χ4n) is 3.70. The van der Waals surface area contributed by atoms with Gasteiger partial charge in [-0.25, -0.2) is 4.39 Å². The molecule has 2 aromatic heterocycles. The maximum Gasteiger partial charge on any atom is 0.196 e. The van der Waals surface area contributed by atoms with Crippen LogP contribution in [0.3, 0.4) is 0 Å².